The lowest BCUT2D eigenvalue weighted by molar-refractivity contribution is -0.129. The van der Waals surface area contributed by atoms with Crippen LogP contribution < -0.4 is 5.32 Å². The Morgan fingerprint density at radius 1 is 1.53 bits per heavy atom. The Morgan fingerprint density at radius 2 is 2.20 bits per heavy atom. The van der Waals surface area contributed by atoms with Gasteiger partial charge in [0.15, 0.2) is 0 Å². The lowest BCUT2D eigenvalue weighted by Gasteiger charge is -2.19. The Hall–Kier alpha value is -1.58. The van der Waals surface area contributed by atoms with Gasteiger partial charge in [0, 0.05) is 32.2 Å². The summed E-state index contributed by atoms with van der Waals surface area (Å²) >= 11 is 0. The molecule has 1 unspecified atom stereocenters. The van der Waals surface area contributed by atoms with Crippen LogP contribution in [0.25, 0.3) is 0 Å². The zero-order valence-corrected chi connectivity index (χ0v) is 9.61. The van der Waals surface area contributed by atoms with Crippen LogP contribution in [0, 0.1) is 6.92 Å². The summed E-state index contributed by atoms with van der Waals surface area (Å²) in [5, 5.41) is 3.16. The van der Waals surface area contributed by atoms with E-state index in [9.17, 15) is 4.79 Å². The normalized spacial score (nSPS) is 12.0. The van der Waals surface area contributed by atoms with Gasteiger partial charge in [-0.3, -0.25) is 9.78 Å². The molecule has 1 N–H and O–H groups in total. The van der Waals surface area contributed by atoms with E-state index in [1.165, 1.54) is 0 Å². The van der Waals surface area contributed by atoms with E-state index in [-0.39, 0.29) is 11.9 Å². The first kappa shape index (κ1) is 11.5. The van der Waals surface area contributed by atoms with Crippen molar-refractivity contribution in [3.63, 3.8) is 0 Å². The molecule has 4 nitrogen and oxygen atoms in total. The van der Waals surface area contributed by atoms with E-state index in [0.29, 0.717) is 0 Å². The average Bonchev–Trinajstić information content (AvgIpc) is 2.20. The molecule has 4 heteroatoms. The highest BCUT2D eigenvalue weighted by molar-refractivity contribution is 5.84. The van der Waals surface area contributed by atoms with Crippen molar-refractivity contribution < 1.29 is 4.79 Å². The van der Waals surface area contributed by atoms with Crippen molar-refractivity contribution >= 4 is 11.6 Å². The molecular weight excluding hydrogens is 190 g/mol. The van der Waals surface area contributed by atoms with Gasteiger partial charge in [-0.1, -0.05) is 0 Å². The molecule has 1 aromatic heterocycles. The molecule has 1 amide bonds. The van der Waals surface area contributed by atoms with Crippen molar-refractivity contribution in [1.82, 2.24) is 9.88 Å². The van der Waals surface area contributed by atoms with Gasteiger partial charge in [0.1, 0.15) is 6.04 Å². The summed E-state index contributed by atoms with van der Waals surface area (Å²) in [6.07, 6.45) is 3.48. The van der Waals surface area contributed by atoms with Gasteiger partial charge >= 0.3 is 0 Å². The number of rotatable bonds is 3. The predicted octanol–water partition coefficient (Wildman–Crippen LogP) is 1.28. The lowest BCUT2D eigenvalue weighted by atomic mass is 10.2. The summed E-state index contributed by atoms with van der Waals surface area (Å²) < 4.78 is 0. The molecule has 0 aliphatic heterocycles. The number of likely N-dealkylation sites (N-methyl/N-ethyl adjacent to an activating group) is 1. The van der Waals surface area contributed by atoms with Crippen molar-refractivity contribution in [1.29, 1.82) is 0 Å². The van der Waals surface area contributed by atoms with Gasteiger partial charge in [0.05, 0.1) is 0 Å². The Balaban J connectivity index is 2.71. The smallest absolute Gasteiger partial charge is 0.244 e. The fraction of sp³-hybridized carbons (Fsp3) is 0.455. The minimum atomic E-state index is -0.221. The zero-order valence-electron chi connectivity index (χ0n) is 9.61. The standard InChI is InChI=1S/C11H17N3O/c1-8-7-12-6-5-10(8)13-9(2)11(15)14(3)4/h5-7,9H,1-4H3,(H,12,13). The van der Waals surface area contributed by atoms with E-state index in [1.807, 2.05) is 19.9 Å². The van der Waals surface area contributed by atoms with Crippen LogP contribution in [0.15, 0.2) is 18.5 Å². The van der Waals surface area contributed by atoms with Crippen LogP contribution in [0.5, 0.6) is 0 Å². The molecule has 0 aliphatic carbocycles. The third-order valence-electron chi connectivity index (χ3n) is 2.20. The van der Waals surface area contributed by atoms with Gasteiger partial charge in [-0.15, -0.1) is 0 Å². The molecule has 0 saturated heterocycles. The molecule has 1 atom stereocenters. The van der Waals surface area contributed by atoms with E-state index < -0.39 is 0 Å². The number of pyridine rings is 1. The molecule has 1 aromatic rings. The number of nitrogens with zero attached hydrogens (tertiary/aromatic N) is 2. The third-order valence-corrected chi connectivity index (χ3v) is 2.20. The first-order chi connectivity index (χ1) is 7.02. The zero-order chi connectivity index (χ0) is 11.4. The third kappa shape index (κ3) is 2.94. The number of aromatic nitrogens is 1. The summed E-state index contributed by atoms with van der Waals surface area (Å²) in [7, 11) is 3.50. The Bertz CT molecular complexity index is 349. The maximum absolute atomic E-state index is 11.6. The monoisotopic (exact) mass is 207 g/mol. The van der Waals surface area contributed by atoms with E-state index in [2.05, 4.69) is 10.3 Å². The quantitative estimate of drug-likeness (QED) is 0.812. The first-order valence-electron chi connectivity index (χ1n) is 4.90. The molecule has 15 heavy (non-hydrogen) atoms. The number of hydrogen-bond donors (Lipinski definition) is 1. The summed E-state index contributed by atoms with van der Waals surface area (Å²) in [5.41, 5.74) is 1.99. The summed E-state index contributed by atoms with van der Waals surface area (Å²) in [4.78, 5) is 17.2. The molecule has 0 aromatic carbocycles. The van der Waals surface area contributed by atoms with Crippen molar-refractivity contribution in [2.45, 2.75) is 19.9 Å². The van der Waals surface area contributed by atoms with Crippen LogP contribution in [0.1, 0.15) is 12.5 Å². The van der Waals surface area contributed by atoms with E-state index in [0.717, 1.165) is 11.3 Å². The number of nitrogens with one attached hydrogen (secondary N) is 1. The molecule has 0 saturated carbocycles. The fourth-order valence-electron chi connectivity index (χ4n) is 1.32. The minimum absolute atomic E-state index is 0.0613. The summed E-state index contributed by atoms with van der Waals surface area (Å²) in [6, 6.07) is 1.65. The maximum Gasteiger partial charge on any atom is 0.244 e. The Morgan fingerprint density at radius 3 is 2.73 bits per heavy atom. The summed E-state index contributed by atoms with van der Waals surface area (Å²) in [5.74, 6) is 0.0613. The Kier molecular flexibility index (Phi) is 3.66. The highest BCUT2D eigenvalue weighted by atomic mass is 16.2. The lowest BCUT2D eigenvalue weighted by Crippen LogP contribution is -2.36. The molecule has 0 aliphatic rings. The van der Waals surface area contributed by atoms with Crippen LogP contribution >= 0.6 is 0 Å². The molecule has 1 rings (SSSR count). The molecule has 0 radical (unpaired) electrons. The van der Waals surface area contributed by atoms with Crippen LogP contribution in [-0.2, 0) is 4.79 Å². The molecule has 0 fully saturated rings. The molecular formula is C11H17N3O. The van der Waals surface area contributed by atoms with Crippen molar-refractivity contribution in [2.75, 3.05) is 19.4 Å². The van der Waals surface area contributed by atoms with Crippen LogP contribution in [0.4, 0.5) is 5.69 Å². The van der Waals surface area contributed by atoms with Crippen LogP contribution in [0.2, 0.25) is 0 Å². The molecule has 0 spiro atoms. The van der Waals surface area contributed by atoms with E-state index in [4.69, 9.17) is 0 Å². The van der Waals surface area contributed by atoms with Crippen molar-refractivity contribution in [3.8, 4) is 0 Å². The number of amides is 1. The van der Waals surface area contributed by atoms with Crippen molar-refractivity contribution in [2.24, 2.45) is 0 Å². The molecule has 82 valence electrons. The van der Waals surface area contributed by atoms with Gasteiger partial charge < -0.3 is 10.2 Å². The maximum atomic E-state index is 11.6. The highest BCUT2D eigenvalue weighted by Gasteiger charge is 2.14. The van der Waals surface area contributed by atoms with Crippen LogP contribution in [0.3, 0.4) is 0 Å². The highest BCUT2D eigenvalue weighted by Crippen LogP contribution is 2.13. The van der Waals surface area contributed by atoms with Gasteiger partial charge in [-0.05, 0) is 25.5 Å². The average molecular weight is 207 g/mol. The Labute approximate surface area is 90.3 Å². The number of hydrogen-bond acceptors (Lipinski definition) is 3. The van der Waals surface area contributed by atoms with Gasteiger partial charge in [-0.25, -0.2) is 0 Å². The van der Waals surface area contributed by atoms with Gasteiger partial charge in [0.2, 0.25) is 5.91 Å². The largest absolute Gasteiger partial charge is 0.374 e. The van der Waals surface area contributed by atoms with Crippen molar-refractivity contribution in [3.05, 3.63) is 24.0 Å². The summed E-state index contributed by atoms with van der Waals surface area (Å²) in [6.45, 7) is 3.81. The SMILES string of the molecule is Cc1cnccc1NC(C)C(=O)N(C)C. The topological polar surface area (TPSA) is 45.2 Å². The number of carbonyl (C=O) groups excluding carboxylic acids is 1. The minimum Gasteiger partial charge on any atom is -0.374 e. The van der Waals surface area contributed by atoms with Crippen LogP contribution in [-0.4, -0.2) is 35.9 Å². The van der Waals surface area contributed by atoms with E-state index >= 15 is 0 Å². The second-order valence-corrected chi connectivity index (χ2v) is 3.79. The van der Waals surface area contributed by atoms with Gasteiger partial charge in [-0.2, -0.15) is 0 Å². The van der Waals surface area contributed by atoms with Gasteiger partial charge in [0.25, 0.3) is 0 Å². The number of aryl methyl sites for hydroxylation is 1. The second kappa shape index (κ2) is 4.77. The number of anilines is 1. The number of carbonyl (C=O) groups is 1. The first-order valence-corrected chi connectivity index (χ1v) is 4.90. The fourth-order valence-corrected chi connectivity index (χ4v) is 1.32. The second-order valence-electron chi connectivity index (χ2n) is 3.79. The predicted molar refractivity (Wildman–Crippen MR) is 60.8 cm³/mol. The molecule has 0 bridgehead atoms. The van der Waals surface area contributed by atoms with E-state index in [1.54, 1.807) is 31.4 Å². The molecule has 1 heterocycles.